The summed E-state index contributed by atoms with van der Waals surface area (Å²) in [7, 11) is -4.41. The number of hydrogen-bond acceptors (Lipinski definition) is 4. The Morgan fingerprint density at radius 3 is 1.61 bits per heavy atom. The van der Waals surface area contributed by atoms with Crippen LogP contribution in [0.3, 0.4) is 0 Å². The van der Waals surface area contributed by atoms with Gasteiger partial charge in [0.1, 0.15) is 10.1 Å². The molecule has 0 saturated carbocycles. The Morgan fingerprint density at radius 2 is 1.17 bits per heavy atom. The van der Waals surface area contributed by atoms with E-state index in [4.69, 9.17) is 0 Å². The Balaban J connectivity index is 0. The Kier molecular flexibility index (Phi) is 19.7. The summed E-state index contributed by atoms with van der Waals surface area (Å²) in [4.78, 5) is 0. The summed E-state index contributed by atoms with van der Waals surface area (Å²) < 4.78 is 34.1. The molecule has 0 aromatic carbocycles. The van der Waals surface area contributed by atoms with Gasteiger partial charge in [0.25, 0.3) is 0 Å². The van der Waals surface area contributed by atoms with Crippen molar-refractivity contribution in [2.45, 2.75) is 109 Å². The van der Waals surface area contributed by atoms with Crippen molar-refractivity contribution in [1.82, 2.24) is 0 Å². The molecule has 0 aromatic heterocycles. The predicted molar refractivity (Wildman–Crippen MR) is 90.9 cm³/mol. The fourth-order valence-corrected chi connectivity index (χ4v) is 3.77. The van der Waals surface area contributed by atoms with Crippen LogP contribution in [-0.4, -0.2) is 29.4 Å². The largest absolute Gasteiger partial charge is 1.00 e. The van der Waals surface area contributed by atoms with Crippen molar-refractivity contribution < 1.29 is 69.5 Å². The molecule has 0 aliphatic rings. The number of aliphatic hydroxyl groups is 1. The SMILES string of the molecule is CCCCCCCCC(O)C(CCCCCCC)S(=O)(=O)[O-].[K+]. The smallest absolute Gasteiger partial charge is 0.748 e. The minimum absolute atomic E-state index is 0. The van der Waals surface area contributed by atoms with Crippen LogP contribution >= 0.6 is 0 Å². The summed E-state index contributed by atoms with van der Waals surface area (Å²) in [6.07, 6.45) is 11.2. The molecule has 0 aliphatic heterocycles. The number of hydrogen-bond donors (Lipinski definition) is 1. The second-order valence-electron chi connectivity index (χ2n) is 6.36. The van der Waals surface area contributed by atoms with Gasteiger partial charge in [0.15, 0.2) is 0 Å². The zero-order valence-corrected chi connectivity index (χ0v) is 19.4. The third-order valence-corrected chi connectivity index (χ3v) is 5.54. The topological polar surface area (TPSA) is 77.4 Å². The maximum absolute atomic E-state index is 11.4. The third kappa shape index (κ3) is 15.5. The summed E-state index contributed by atoms with van der Waals surface area (Å²) in [5.74, 6) is 0. The summed E-state index contributed by atoms with van der Waals surface area (Å²) >= 11 is 0. The van der Waals surface area contributed by atoms with E-state index >= 15 is 0 Å². The molecule has 2 unspecified atom stereocenters. The van der Waals surface area contributed by atoms with Crippen LogP contribution < -0.4 is 51.4 Å². The molecule has 134 valence electrons. The van der Waals surface area contributed by atoms with E-state index in [1.54, 1.807) is 0 Å². The van der Waals surface area contributed by atoms with Crippen LogP contribution in [0.15, 0.2) is 0 Å². The van der Waals surface area contributed by atoms with Gasteiger partial charge in [0.05, 0.1) is 11.4 Å². The van der Waals surface area contributed by atoms with Crippen molar-refractivity contribution in [2.24, 2.45) is 0 Å². The Labute approximate surface area is 186 Å². The normalized spacial score (nSPS) is 14.3. The van der Waals surface area contributed by atoms with Gasteiger partial charge in [0.2, 0.25) is 0 Å². The van der Waals surface area contributed by atoms with Gasteiger partial charge >= 0.3 is 51.4 Å². The molecule has 0 aliphatic carbocycles. The molecule has 23 heavy (non-hydrogen) atoms. The van der Waals surface area contributed by atoms with E-state index in [1.807, 2.05) is 0 Å². The first kappa shape index (κ1) is 26.7. The quantitative estimate of drug-likeness (QED) is 0.267. The van der Waals surface area contributed by atoms with E-state index < -0.39 is 21.5 Å². The van der Waals surface area contributed by atoms with E-state index in [0.29, 0.717) is 19.3 Å². The van der Waals surface area contributed by atoms with Crippen molar-refractivity contribution in [2.75, 3.05) is 0 Å². The standard InChI is InChI=1S/C17H36O4S.K/c1-3-5-7-9-11-12-14-16(18)17(22(19,20)21)15-13-10-8-6-4-2;/h16-18H,3-15H2,1-2H3,(H,19,20,21);/q;+1/p-1. The van der Waals surface area contributed by atoms with Crippen molar-refractivity contribution in [3.05, 3.63) is 0 Å². The van der Waals surface area contributed by atoms with Gasteiger partial charge in [-0.15, -0.1) is 0 Å². The summed E-state index contributed by atoms with van der Waals surface area (Å²) in [6, 6.07) is 0. The van der Waals surface area contributed by atoms with Crippen LogP contribution in [0.4, 0.5) is 0 Å². The second-order valence-corrected chi connectivity index (χ2v) is 7.95. The Morgan fingerprint density at radius 1 is 0.783 bits per heavy atom. The number of aliphatic hydroxyl groups excluding tert-OH is 1. The molecule has 0 aromatic rings. The van der Waals surface area contributed by atoms with Crippen molar-refractivity contribution in [3.8, 4) is 0 Å². The van der Waals surface area contributed by atoms with Gasteiger partial charge < -0.3 is 9.66 Å². The Bertz CT molecular complexity index is 347. The van der Waals surface area contributed by atoms with E-state index in [0.717, 1.165) is 44.9 Å². The zero-order valence-electron chi connectivity index (χ0n) is 15.4. The van der Waals surface area contributed by atoms with E-state index in [2.05, 4.69) is 13.8 Å². The van der Waals surface area contributed by atoms with Crippen LogP contribution in [-0.2, 0) is 10.1 Å². The third-order valence-electron chi connectivity index (χ3n) is 4.25. The minimum atomic E-state index is -4.41. The van der Waals surface area contributed by atoms with Gasteiger partial charge in [-0.2, -0.15) is 0 Å². The maximum atomic E-state index is 11.4. The van der Waals surface area contributed by atoms with Crippen molar-refractivity contribution in [3.63, 3.8) is 0 Å². The van der Waals surface area contributed by atoms with Crippen LogP contribution in [0.5, 0.6) is 0 Å². The van der Waals surface area contributed by atoms with Crippen LogP contribution in [0.2, 0.25) is 0 Å². The summed E-state index contributed by atoms with van der Waals surface area (Å²) in [5, 5.41) is 8.95. The first-order valence-electron chi connectivity index (χ1n) is 9.06. The summed E-state index contributed by atoms with van der Waals surface area (Å²) in [5.41, 5.74) is 0. The molecule has 4 nitrogen and oxygen atoms in total. The van der Waals surface area contributed by atoms with Gasteiger partial charge in [-0.25, -0.2) is 8.42 Å². The second kappa shape index (κ2) is 16.9. The molecule has 0 bridgehead atoms. The van der Waals surface area contributed by atoms with E-state index in [1.165, 1.54) is 19.3 Å². The number of rotatable bonds is 15. The molecule has 1 N–H and O–H groups in total. The monoisotopic (exact) mass is 374 g/mol. The average Bonchev–Trinajstić information content (AvgIpc) is 2.45. The van der Waals surface area contributed by atoms with Gasteiger partial charge in [-0.1, -0.05) is 84.5 Å². The van der Waals surface area contributed by atoms with Crippen LogP contribution in [0.25, 0.3) is 0 Å². The van der Waals surface area contributed by atoms with E-state index in [-0.39, 0.29) is 51.4 Å². The number of unbranched alkanes of at least 4 members (excludes halogenated alkanes) is 9. The summed E-state index contributed by atoms with van der Waals surface area (Å²) in [6.45, 7) is 4.28. The van der Waals surface area contributed by atoms with Gasteiger partial charge in [0, 0.05) is 0 Å². The molecule has 0 radical (unpaired) electrons. The molecule has 2 atom stereocenters. The van der Waals surface area contributed by atoms with Crippen molar-refractivity contribution >= 4 is 10.1 Å². The van der Waals surface area contributed by atoms with Crippen LogP contribution in [0, 0.1) is 0 Å². The van der Waals surface area contributed by atoms with Crippen LogP contribution in [0.1, 0.15) is 97.3 Å². The average molecular weight is 375 g/mol. The maximum Gasteiger partial charge on any atom is 1.00 e. The Hall–Kier alpha value is 1.51. The molecule has 6 heteroatoms. The van der Waals surface area contributed by atoms with Gasteiger partial charge in [-0.3, -0.25) is 0 Å². The molecule has 0 spiro atoms. The fraction of sp³-hybridized carbons (Fsp3) is 1.00. The molecule has 0 fully saturated rings. The molecule has 0 rings (SSSR count). The molecule has 0 saturated heterocycles. The minimum Gasteiger partial charge on any atom is -0.748 e. The first-order valence-corrected chi connectivity index (χ1v) is 10.5. The van der Waals surface area contributed by atoms with Gasteiger partial charge in [-0.05, 0) is 12.8 Å². The predicted octanol–water partition coefficient (Wildman–Crippen LogP) is 1.38. The molecular formula is C17H35KO4S. The zero-order chi connectivity index (χ0) is 16.8. The molecule has 0 amide bonds. The fourth-order valence-electron chi connectivity index (χ4n) is 2.80. The van der Waals surface area contributed by atoms with E-state index in [9.17, 15) is 18.1 Å². The molecule has 0 heterocycles. The first-order chi connectivity index (χ1) is 10.4. The molecular weight excluding hydrogens is 339 g/mol. The van der Waals surface area contributed by atoms with Crippen molar-refractivity contribution in [1.29, 1.82) is 0 Å².